The molecular formula is C62H38N2. The van der Waals surface area contributed by atoms with E-state index in [-0.39, 0.29) is 0 Å². The van der Waals surface area contributed by atoms with E-state index in [1.165, 1.54) is 126 Å². The summed E-state index contributed by atoms with van der Waals surface area (Å²) < 4.78 is 4.88. The van der Waals surface area contributed by atoms with Gasteiger partial charge in [-0.1, -0.05) is 176 Å². The van der Waals surface area contributed by atoms with E-state index in [2.05, 4.69) is 240 Å². The van der Waals surface area contributed by atoms with Gasteiger partial charge in [0.25, 0.3) is 0 Å². The first-order valence-electron chi connectivity index (χ1n) is 22.2. The van der Waals surface area contributed by atoms with Crippen LogP contribution in [0, 0.1) is 0 Å². The third kappa shape index (κ3) is 5.14. The maximum Gasteiger partial charge on any atom is 0.0619 e. The van der Waals surface area contributed by atoms with Gasteiger partial charge >= 0.3 is 0 Å². The van der Waals surface area contributed by atoms with E-state index in [1.54, 1.807) is 0 Å². The molecule has 1 aliphatic carbocycles. The number of rotatable bonds is 5. The Balaban J connectivity index is 0.862. The molecule has 2 nitrogen and oxygen atoms in total. The monoisotopic (exact) mass is 810 g/mol. The van der Waals surface area contributed by atoms with Gasteiger partial charge in [0.1, 0.15) is 0 Å². The van der Waals surface area contributed by atoms with Crippen molar-refractivity contribution in [2.24, 2.45) is 0 Å². The molecule has 64 heavy (non-hydrogen) atoms. The van der Waals surface area contributed by atoms with Crippen molar-refractivity contribution in [1.29, 1.82) is 0 Å². The van der Waals surface area contributed by atoms with Crippen LogP contribution in [0.1, 0.15) is 0 Å². The van der Waals surface area contributed by atoms with E-state index in [0.717, 1.165) is 5.69 Å². The minimum absolute atomic E-state index is 1.14. The second-order valence-corrected chi connectivity index (χ2v) is 17.3. The SMILES string of the molecule is c1ccc(-n2c3ccc(-c4ccc5c6ccccc6n(-c6cccc(-c7ccc(-c8ccc9c(c8)-c8cccc%10cccc-9c8%10)cc7)c6)c5c4)cc3c3ccc4ccccc4c32)cc1. The van der Waals surface area contributed by atoms with E-state index >= 15 is 0 Å². The van der Waals surface area contributed by atoms with Crippen molar-refractivity contribution in [1.82, 2.24) is 9.13 Å². The van der Waals surface area contributed by atoms with E-state index in [9.17, 15) is 0 Å². The summed E-state index contributed by atoms with van der Waals surface area (Å²) in [7, 11) is 0. The third-order valence-corrected chi connectivity index (χ3v) is 13.8. The molecule has 0 aliphatic heterocycles. The summed E-state index contributed by atoms with van der Waals surface area (Å²) in [5, 5.41) is 10.2. The number of hydrogen-bond donors (Lipinski definition) is 0. The highest BCUT2D eigenvalue weighted by molar-refractivity contribution is 6.20. The Kier molecular flexibility index (Phi) is 7.43. The highest BCUT2D eigenvalue weighted by Crippen LogP contribution is 2.48. The molecular weight excluding hydrogens is 773 g/mol. The number of aromatic nitrogens is 2. The maximum atomic E-state index is 2.45. The molecule has 0 fully saturated rings. The van der Waals surface area contributed by atoms with Crippen LogP contribution in [0.5, 0.6) is 0 Å². The quantitative estimate of drug-likeness (QED) is 0.164. The van der Waals surface area contributed by atoms with Crippen LogP contribution in [0.3, 0.4) is 0 Å². The molecule has 0 radical (unpaired) electrons. The maximum absolute atomic E-state index is 2.45. The van der Waals surface area contributed by atoms with Gasteiger partial charge in [-0.05, 0) is 126 Å². The van der Waals surface area contributed by atoms with Crippen molar-refractivity contribution < 1.29 is 0 Å². The Bertz CT molecular complexity index is 4050. The molecule has 0 atom stereocenters. The Morgan fingerprint density at radius 2 is 0.812 bits per heavy atom. The van der Waals surface area contributed by atoms with Gasteiger partial charge in [0.05, 0.1) is 22.1 Å². The first-order chi connectivity index (χ1) is 31.7. The molecule has 0 unspecified atom stereocenters. The molecule has 2 heteroatoms. The standard InChI is InChI=1S/C62H38N2/c1-2-15-47(16-3-1)64-59-34-30-45(37-57(59)55-33-27-41-11-4-5-18-49(41)62(55)64)46-29-32-52-51-19-6-7-22-58(51)63(60(52)38-46)48-17-8-14-43(35-48)39-23-25-40(26-24-39)44-28-31-50-53-20-9-12-42-13-10-21-54(61(42)53)56(50)36-44/h1-38H. The zero-order valence-corrected chi connectivity index (χ0v) is 34.8. The Labute approximate surface area is 370 Å². The molecule has 0 saturated carbocycles. The minimum atomic E-state index is 1.14. The lowest BCUT2D eigenvalue weighted by molar-refractivity contribution is 1.18. The van der Waals surface area contributed by atoms with Crippen molar-refractivity contribution in [3.63, 3.8) is 0 Å². The average molecular weight is 811 g/mol. The topological polar surface area (TPSA) is 9.86 Å². The lowest BCUT2D eigenvalue weighted by Gasteiger charge is -2.12. The summed E-state index contributed by atoms with van der Waals surface area (Å²) in [6.45, 7) is 0. The molecule has 0 N–H and O–H groups in total. The fraction of sp³-hybridized carbons (Fsp3) is 0. The molecule has 0 saturated heterocycles. The largest absolute Gasteiger partial charge is 0.309 e. The van der Waals surface area contributed by atoms with Gasteiger partial charge in [-0.25, -0.2) is 0 Å². The van der Waals surface area contributed by atoms with E-state index in [1.807, 2.05) is 0 Å². The average Bonchev–Trinajstić information content (AvgIpc) is 4.00. The van der Waals surface area contributed by atoms with E-state index in [0.29, 0.717) is 0 Å². The molecule has 0 spiro atoms. The lowest BCUT2D eigenvalue weighted by atomic mass is 9.96. The van der Waals surface area contributed by atoms with Gasteiger partial charge in [-0.15, -0.1) is 0 Å². The van der Waals surface area contributed by atoms with Gasteiger partial charge in [0, 0.05) is 38.3 Å². The highest BCUT2D eigenvalue weighted by atomic mass is 15.0. The highest BCUT2D eigenvalue weighted by Gasteiger charge is 2.22. The molecule has 296 valence electrons. The summed E-state index contributed by atoms with van der Waals surface area (Å²) in [5.74, 6) is 0. The minimum Gasteiger partial charge on any atom is -0.309 e. The molecule has 1 aliphatic rings. The van der Waals surface area contributed by atoms with Crippen molar-refractivity contribution in [3.8, 4) is 67.0 Å². The van der Waals surface area contributed by atoms with E-state index < -0.39 is 0 Å². The van der Waals surface area contributed by atoms with Crippen LogP contribution in [-0.4, -0.2) is 9.13 Å². The van der Waals surface area contributed by atoms with Crippen molar-refractivity contribution in [3.05, 3.63) is 231 Å². The van der Waals surface area contributed by atoms with E-state index in [4.69, 9.17) is 0 Å². The lowest BCUT2D eigenvalue weighted by Crippen LogP contribution is -1.95. The summed E-state index contributed by atoms with van der Waals surface area (Å²) in [6.07, 6.45) is 0. The van der Waals surface area contributed by atoms with Gasteiger partial charge in [0.2, 0.25) is 0 Å². The predicted molar refractivity (Wildman–Crippen MR) is 271 cm³/mol. The van der Waals surface area contributed by atoms with Crippen LogP contribution in [0.2, 0.25) is 0 Å². The molecule has 0 amide bonds. The molecule has 13 aromatic rings. The smallest absolute Gasteiger partial charge is 0.0619 e. The van der Waals surface area contributed by atoms with Gasteiger partial charge in [0.15, 0.2) is 0 Å². The summed E-state index contributed by atoms with van der Waals surface area (Å²) in [6, 6.07) is 85.2. The van der Waals surface area contributed by atoms with Crippen LogP contribution >= 0.6 is 0 Å². The van der Waals surface area contributed by atoms with Crippen molar-refractivity contribution >= 4 is 65.2 Å². The summed E-state index contributed by atoms with van der Waals surface area (Å²) in [5.41, 5.74) is 19.7. The van der Waals surface area contributed by atoms with Crippen LogP contribution < -0.4 is 0 Å². The first kappa shape index (κ1) is 35.2. The number of benzene rings is 11. The van der Waals surface area contributed by atoms with Gasteiger partial charge in [-0.2, -0.15) is 0 Å². The Morgan fingerprint density at radius 1 is 0.234 bits per heavy atom. The second kappa shape index (κ2) is 13.5. The van der Waals surface area contributed by atoms with Crippen LogP contribution in [0.4, 0.5) is 0 Å². The van der Waals surface area contributed by atoms with Crippen molar-refractivity contribution in [2.75, 3.05) is 0 Å². The van der Waals surface area contributed by atoms with Crippen LogP contribution in [0.15, 0.2) is 231 Å². The van der Waals surface area contributed by atoms with Crippen LogP contribution in [-0.2, 0) is 0 Å². The number of fused-ring (bicyclic) bond motifs is 11. The second-order valence-electron chi connectivity index (χ2n) is 17.3. The zero-order valence-electron chi connectivity index (χ0n) is 34.8. The Hall–Kier alpha value is -8.46. The molecule has 2 heterocycles. The number of hydrogen-bond acceptors (Lipinski definition) is 0. The van der Waals surface area contributed by atoms with Gasteiger partial charge in [-0.3, -0.25) is 0 Å². The first-order valence-corrected chi connectivity index (χ1v) is 22.2. The molecule has 11 aromatic carbocycles. The predicted octanol–water partition coefficient (Wildman–Crippen LogP) is 16.8. The molecule has 2 aromatic heterocycles. The molecule has 0 bridgehead atoms. The van der Waals surface area contributed by atoms with Crippen molar-refractivity contribution in [2.45, 2.75) is 0 Å². The summed E-state index contributed by atoms with van der Waals surface area (Å²) in [4.78, 5) is 0. The number of para-hydroxylation sites is 2. The van der Waals surface area contributed by atoms with Crippen LogP contribution in [0.25, 0.3) is 132 Å². The normalized spacial score (nSPS) is 12.1. The summed E-state index contributed by atoms with van der Waals surface area (Å²) >= 11 is 0. The fourth-order valence-electron chi connectivity index (χ4n) is 10.9. The number of nitrogens with zero attached hydrogens (tertiary/aromatic N) is 2. The fourth-order valence-corrected chi connectivity index (χ4v) is 10.9. The third-order valence-electron chi connectivity index (χ3n) is 13.8. The molecule has 14 rings (SSSR count). The Morgan fingerprint density at radius 3 is 1.66 bits per heavy atom. The van der Waals surface area contributed by atoms with Gasteiger partial charge < -0.3 is 9.13 Å². The zero-order chi connectivity index (χ0) is 41.9.